The Bertz CT molecular complexity index is 465. The van der Waals surface area contributed by atoms with E-state index in [9.17, 15) is 0 Å². The molecule has 1 aliphatic heterocycles. The second-order valence-electron chi connectivity index (χ2n) is 5.31. The van der Waals surface area contributed by atoms with Crippen LogP contribution >= 0.6 is 0 Å². The first kappa shape index (κ1) is 14.9. The second kappa shape index (κ2) is 7.29. The number of hydrogen-bond acceptors (Lipinski definition) is 4. The molecule has 0 radical (unpaired) electrons. The monoisotopic (exact) mass is 277 g/mol. The highest BCUT2D eigenvalue weighted by Crippen LogP contribution is 2.22. The molecule has 1 unspecified atom stereocenters. The van der Waals surface area contributed by atoms with Gasteiger partial charge in [-0.2, -0.15) is 0 Å². The normalized spacial score (nSPS) is 19.3. The van der Waals surface area contributed by atoms with Gasteiger partial charge in [0, 0.05) is 12.2 Å². The number of aryl methyl sites for hydroxylation is 1. The molecular formula is C16H23NO3. The molecule has 1 N–H and O–H groups in total. The zero-order chi connectivity index (χ0) is 14.4. The van der Waals surface area contributed by atoms with Crippen LogP contribution in [0.5, 0.6) is 5.75 Å². The van der Waals surface area contributed by atoms with Gasteiger partial charge in [0.25, 0.3) is 0 Å². The Morgan fingerprint density at radius 2 is 2.35 bits per heavy atom. The van der Waals surface area contributed by atoms with Gasteiger partial charge in [0.2, 0.25) is 0 Å². The van der Waals surface area contributed by atoms with Crippen molar-refractivity contribution in [2.75, 3.05) is 13.2 Å². The lowest BCUT2D eigenvalue weighted by Crippen LogP contribution is -2.09. The number of benzene rings is 1. The Labute approximate surface area is 120 Å². The van der Waals surface area contributed by atoms with Crippen LogP contribution in [0.2, 0.25) is 0 Å². The third-order valence-corrected chi connectivity index (χ3v) is 3.63. The van der Waals surface area contributed by atoms with E-state index < -0.39 is 0 Å². The molecule has 1 heterocycles. The van der Waals surface area contributed by atoms with Crippen LogP contribution in [0.4, 0.5) is 0 Å². The topological polar surface area (TPSA) is 51.1 Å². The minimum Gasteiger partial charge on any atom is -0.493 e. The summed E-state index contributed by atoms with van der Waals surface area (Å²) in [5, 5.41) is 12.2. The highest BCUT2D eigenvalue weighted by atomic mass is 16.5. The van der Waals surface area contributed by atoms with Gasteiger partial charge < -0.3 is 14.7 Å². The summed E-state index contributed by atoms with van der Waals surface area (Å²) >= 11 is 0. The van der Waals surface area contributed by atoms with Crippen molar-refractivity contribution in [3.63, 3.8) is 0 Å². The summed E-state index contributed by atoms with van der Waals surface area (Å²) in [5.41, 5.74) is 2.54. The minimum absolute atomic E-state index is 0.413. The Kier molecular flexibility index (Phi) is 5.41. The van der Waals surface area contributed by atoms with Crippen LogP contribution in [0.15, 0.2) is 23.4 Å². The van der Waals surface area contributed by atoms with Crippen molar-refractivity contribution in [2.45, 2.75) is 45.6 Å². The average Bonchev–Trinajstić information content (AvgIpc) is 2.96. The molecule has 110 valence electrons. The van der Waals surface area contributed by atoms with Crippen molar-refractivity contribution in [3.05, 3.63) is 29.3 Å². The predicted molar refractivity (Wildman–Crippen MR) is 78.9 cm³/mol. The maximum absolute atomic E-state index is 8.91. The van der Waals surface area contributed by atoms with Crippen LogP contribution in [0.3, 0.4) is 0 Å². The molecule has 0 bridgehead atoms. The van der Waals surface area contributed by atoms with Crippen LogP contribution in [0.25, 0.3) is 0 Å². The van der Waals surface area contributed by atoms with E-state index >= 15 is 0 Å². The van der Waals surface area contributed by atoms with Crippen LogP contribution in [0, 0.1) is 6.92 Å². The first-order chi connectivity index (χ1) is 9.70. The summed E-state index contributed by atoms with van der Waals surface area (Å²) < 4.78 is 11.4. The molecule has 0 aromatic heterocycles. The molecule has 1 aliphatic rings. The van der Waals surface area contributed by atoms with Crippen LogP contribution < -0.4 is 4.74 Å². The van der Waals surface area contributed by atoms with Gasteiger partial charge in [0.1, 0.15) is 5.75 Å². The third-order valence-electron chi connectivity index (χ3n) is 3.63. The van der Waals surface area contributed by atoms with Gasteiger partial charge in [-0.15, -0.1) is 0 Å². The number of nitrogens with zero attached hydrogens (tertiary/aromatic N) is 1. The molecule has 1 atom stereocenters. The fourth-order valence-corrected chi connectivity index (χ4v) is 2.47. The molecule has 20 heavy (non-hydrogen) atoms. The first-order valence-electron chi connectivity index (χ1n) is 7.25. The molecular weight excluding hydrogens is 254 g/mol. The molecule has 0 amide bonds. The SMILES string of the molecule is CC(=NO)c1ccc(C)cc1OCCCC1CCCO1. The lowest BCUT2D eigenvalue weighted by atomic mass is 10.1. The Hall–Kier alpha value is -1.55. The smallest absolute Gasteiger partial charge is 0.128 e. The van der Waals surface area contributed by atoms with E-state index in [0.29, 0.717) is 18.4 Å². The van der Waals surface area contributed by atoms with E-state index in [2.05, 4.69) is 5.16 Å². The second-order valence-corrected chi connectivity index (χ2v) is 5.31. The minimum atomic E-state index is 0.413. The van der Waals surface area contributed by atoms with Crippen molar-refractivity contribution in [1.29, 1.82) is 0 Å². The molecule has 0 saturated carbocycles. The largest absolute Gasteiger partial charge is 0.493 e. The molecule has 1 aromatic carbocycles. The van der Waals surface area contributed by atoms with Gasteiger partial charge in [-0.05, 0) is 57.2 Å². The van der Waals surface area contributed by atoms with Crippen LogP contribution in [-0.2, 0) is 4.74 Å². The Morgan fingerprint density at radius 1 is 1.50 bits per heavy atom. The van der Waals surface area contributed by atoms with E-state index in [1.165, 1.54) is 12.8 Å². The van der Waals surface area contributed by atoms with Crippen LogP contribution in [0.1, 0.15) is 43.7 Å². The van der Waals surface area contributed by atoms with E-state index in [1.54, 1.807) is 6.92 Å². The van der Waals surface area contributed by atoms with E-state index in [1.807, 2.05) is 25.1 Å². The van der Waals surface area contributed by atoms with E-state index in [-0.39, 0.29) is 0 Å². The number of ether oxygens (including phenoxy) is 2. The zero-order valence-corrected chi connectivity index (χ0v) is 12.3. The van der Waals surface area contributed by atoms with Crippen molar-refractivity contribution < 1.29 is 14.7 Å². The molecule has 4 heteroatoms. The Morgan fingerprint density at radius 3 is 3.05 bits per heavy atom. The van der Waals surface area contributed by atoms with Crippen molar-refractivity contribution in [2.24, 2.45) is 5.16 Å². The van der Waals surface area contributed by atoms with Gasteiger partial charge in [-0.3, -0.25) is 0 Å². The molecule has 1 aromatic rings. The molecule has 0 aliphatic carbocycles. The molecule has 1 saturated heterocycles. The van der Waals surface area contributed by atoms with Crippen molar-refractivity contribution in [1.82, 2.24) is 0 Å². The quantitative estimate of drug-likeness (QED) is 0.374. The van der Waals surface area contributed by atoms with Gasteiger partial charge in [-0.1, -0.05) is 11.2 Å². The van der Waals surface area contributed by atoms with Crippen LogP contribution in [-0.4, -0.2) is 30.2 Å². The highest BCUT2D eigenvalue weighted by molar-refractivity contribution is 6.00. The summed E-state index contributed by atoms with van der Waals surface area (Å²) in [6.07, 6.45) is 4.80. The predicted octanol–water partition coefficient (Wildman–Crippen LogP) is 3.53. The van der Waals surface area contributed by atoms with Crippen molar-refractivity contribution in [3.8, 4) is 5.75 Å². The summed E-state index contributed by atoms with van der Waals surface area (Å²) in [5.74, 6) is 0.785. The first-order valence-corrected chi connectivity index (χ1v) is 7.25. The van der Waals surface area contributed by atoms with Gasteiger partial charge in [-0.25, -0.2) is 0 Å². The third kappa shape index (κ3) is 3.97. The molecule has 1 fully saturated rings. The molecule has 2 rings (SSSR count). The van der Waals surface area contributed by atoms with Gasteiger partial charge >= 0.3 is 0 Å². The average molecular weight is 277 g/mol. The lowest BCUT2D eigenvalue weighted by molar-refractivity contribution is 0.0981. The molecule has 0 spiro atoms. The Balaban J connectivity index is 1.89. The van der Waals surface area contributed by atoms with Gasteiger partial charge in [0.15, 0.2) is 0 Å². The number of hydrogen-bond donors (Lipinski definition) is 1. The summed E-state index contributed by atoms with van der Waals surface area (Å²) in [6.45, 7) is 5.35. The maximum Gasteiger partial charge on any atom is 0.128 e. The fraction of sp³-hybridized carbons (Fsp3) is 0.562. The fourth-order valence-electron chi connectivity index (χ4n) is 2.47. The zero-order valence-electron chi connectivity index (χ0n) is 12.3. The van der Waals surface area contributed by atoms with E-state index in [4.69, 9.17) is 14.7 Å². The van der Waals surface area contributed by atoms with Crippen molar-refractivity contribution >= 4 is 5.71 Å². The summed E-state index contributed by atoms with van der Waals surface area (Å²) in [4.78, 5) is 0. The number of oxime groups is 1. The van der Waals surface area contributed by atoms with E-state index in [0.717, 1.165) is 36.3 Å². The maximum atomic E-state index is 8.91. The lowest BCUT2D eigenvalue weighted by Gasteiger charge is -2.13. The standard InChI is InChI=1S/C16H23NO3/c1-12-7-8-15(13(2)17-18)16(11-12)20-10-4-6-14-5-3-9-19-14/h7-8,11,14,18H,3-6,9-10H2,1-2H3. The highest BCUT2D eigenvalue weighted by Gasteiger charge is 2.15. The molecule has 4 nitrogen and oxygen atoms in total. The van der Waals surface area contributed by atoms with Gasteiger partial charge in [0.05, 0.1) is 18.4 Å². The summed E-state index contributed by atoms with van der Waals surface area (Å²) in [6, 6.07) is 5.90. The number of rotatable bonds is 6. The summed E-state index contributed by atoms with van der Waals surface area (Å²) in [7, 11) is 0.